The fraction of sp³-hybridized carbons (Fsp3) is 0.333. The number of hydrogen-bond acceptors (Lipinski definition) is 7. The number of benzene rings is 2. The molecule has 3 rings (SSSR count). The second kappa shape index (κ2) is 8.09. The molecule has 4 atom stereocenters. The molecule has 1 saturated heterocycles. The van der Waals surface area contributed by atoms with E-state index in [0.29, 0.717) is 33.6 Å². The molecule has 0 spiro atoms. The Kier molecular flexibility index (Phi) is 5.77. The largest absolute Gasteiger partial charge is 0.462 e. The summed E-state index contributed by atoms with van der Waals surface area (Å²) in [6.45, 7) is 3.39. The van der Waals surface area contributed by atoms with Crippen molar-refractivity contribution in [3.05, 3.63) is 64.2 Å². The molecule has 3 N–H and O–H groups in total. The van der Waals surface area contributed by atoms with Crippen molar-refractivity contribution in [3.63, 3.8) is 0 Å². The first-order chi connectivity index (χ1) is 13.3. The van der Waals surface area contributed by atoms with E-state index in [1.165, 1.54) is 0 Å². The number of nitrogens with zero attached hydrogens (tertiary/aromatic N) is 1. The van der Waals surface area contributed by atoms with Crippen LogP contribution >= 0.6 is 0 Å². The summed E-state index contributed by atoms with van der Waals surface area (Å²) in [5.74, 6) is 0.206. The summed E-state index contributed by atoms with van der Waals surface area (Å²) in [5, 5.41) is 38.2. The maximum Gasteiger partial charge on any atom is 0.228 e. The van der Waals surface area contributed by atoms with E-state index in [1.54, 1.807) is 50.2 Å². The van der Waals surface area contributed by atoms with Crippen LogP contribution in [0.2, 0.25) is 0 Å². The van der Waals surface area contributed by atoms with E-state index in [2.05, 4.69) is 0 Å². The highest BCUT2D eigenvalue weighted by Gasteiger charge is 2.39. The zero-order valence-electron chi connectivity index (χ0n) is 15.5. The van der Waals surface area contributed by atoms with Gasteiger partial charge in [0.15, 0.2) is 5.78 Å². The maximum absolute atomic E-state index is 12.9. The van der Waals surface area contributed by atoms with E-state index in [-0.39, 0.29) is 12.4 Å². The van der Waals surface area contributed by atoms with Crippen molar-refractivity contribution in [1.29, 1.82) is 5.26 Å². The molecule has 7 nitrogen and oxygen atoms in total. The molecule has 1 heterocycles. The summed E-state index contributed by atoms with van der Waals surface area (Å²) < 4.78 is 10.9. The lowest BCUT2D eigenvalue weighted by Gasteiger charge is -2.35. The molecule has 0 radical (unpaired) electrons. The van der Waals surface area contributed by atoms with Crippen LogP contribution in [0, 0.1) is 25.2 Å². The van der Waals surface area contributed by atoms with E-state index >= 15 is 0 Å². The Morgan fingerprint density at radius 1 is 1.11 bits per heavy atom. The number of rotatable bonds is 4. The number of aryl methyl sites for hydroxylation is 2. The number of aliphatic hydroxyl groups is 3. The third-order valence-electron chi connectivity index (χ3n) is 4.72. The first kappa shape index (κ1) is 20.0. The van der Waals surface area contributed by atoms with Crippen molar-refractivity contribution in [2.24, 2.45) is 0 Å². The second-order valence-electron chi connectivity index (χ2n) is 6.82. The Labute approximate surface area is 162 Å². The van der Waals surface area contributed by atoms with Crippen molar-refractivity contribution in [2.45, 2.75) is 38.4 Å². The van der Waals surface area contributed by atoms with Crippen LogP contribution in [0.1, 0.15) is 32.6 Å². The molecule has 146 valence electrons. The quantitative estimate of drug-likeness (QED) is 0.679. The molecule has 28 heavy (non-hydrogen) atoms. The van der Waals surface area contributed by atoms with Crippen molar-refractivity contribution < 1.29 is 29.6 Å². The molecule has 1 fully saturated rings. The van der Waals surface area contributed by atoms with Gasteiger partial charge in [0.25, 0.3) is 0 Å². The highest BCUT2D eigenvalue weighted by molar-refractivity contribution is 6.10. The standard InChI is InChI=1S/C21H21NO6/c1-11-7-15(28-21-20(26)19(25)16(23)10-27-21)8-12(2)17(11)18(24)14-5-3-13(9-22)4-6-14/h3-8,16,19-21,23,25-26H,10H2,1-2H3/t16-,19-,20-,21-/m1/s1. The topological polar surface area (TPSA) is 120 Å². The molecule has 1 aliphatic rings. The second-order valence-corrected chi connectivity index (χ2v) is 6.82. The summed E-state index contributed by atoms with van der Waals surface area (Å²) in [6, 6.07) is 11.7. The minimum absolute atomic E-state index is 0.157. The molecule has 0 aliphatic carbocycles. The normalized spacial score (nSPS) is 24.4. The highest BCUT2D eigenvalue weighted by atomic mass is 16.7. The number of carbonyl (C=O) groups excluding carboxylic acids is 1. The molecule has 1 aliphatic heterocycles. The average Bonchev–Trinajstić information content (AvgIpc) is 2.68. The lowest BCUT2D eigenvalue weighted by Crippen LogP contribution is -2.54. The smallest absolute Gasteiger partial charge is 0.228 e. The van der Waals surface area contributed by atoms with Crippen LogP contribution in [0.25, 0.3) is 0 Å². The number of aliphatic hydroxyl groups excluding tert-OH is 3. The summed E-state index contributed by atoms with van der Waals surface area (Å²) in [7, 11) is 0. The van der Waals surface area contributed by atoms with E-state index < -0.39 is 24.6 Å². The van der Waals surface area contributed by atoms with Gasteiger partial charge in [0.2, 0.25) is 6.29 Å². The minimum atomic E-state index is -1.40. The average molecular weight is 383 g/mol. The van der Waals surface area contributed by atoms with Gasteiger partial charge in [0, 0.05) is 11.1 Å². The lowest BCUT2D eigenvalue weighted by molar-refractivity contribution is -0.242. The molecule has 0 saturated carbocycles. The number of nitriles is 1. The van der Waals surface area contributed by atoms with Crippen LogP contribution in [0.3, 0.4) is 0 Å². The molecule has 0 aromatic heterocycles. The fourth-order valence-electron chi connectivity index (χ4n) is 3.21. The van der Waals surface area contributed by atoms with Crippen molar-refractivity contribution in [1.82, 2.24) is 0 Å². The predicted octanol–water partition coefficient (Wildman–Crippen LogP) is 1.22. The molecular weight excluding hydrogens is 362 g/mol. The lowest BCUT2D eigenvalue weighted by atomic mass is 9.94. The molecule has 0 bridgehead atoms. The molecular formula is C21H21NO6. The highest BCUT2D eigenvalue weighted by Crippen LogP contribution is 2.27. The van der Waals surface area contributed by atoms with E-state index in [1.807, 2.05) is 6.07 Å². The van der Waals surface area contributed by atoms with Crippen molar-refractivity contribution in [3.8, 4) is 11.8 Å². The van der Waals surface area contributed by atoms with Crippen molar-refractivity contribution >= 4 is 5.78 Å². The summed E-state index contributed by atoms with van der Waals surface area (Å²) in [5.41, 5.74) is 2.83. The Morgan fingerprint density at radius 3 is 2.29 bits per heavy atom. The predicted molar refractivity (Wildman–Crippen MR) is 98.9 cm³/mol. The molecule has 0 unspecified atom stereocenters. The third kappa shape index (κ3) is 3.91. The first-order valence-electron chi connectivity index (χ1n) is 8.80. The number of hydrogen-bond donors (Lipinski definition) is 3. The van der Waals surface area contributed by atoms with Crippen LogP contribution in [0.4, 0.5) is 0 Å². The van der Waals surface area contributed by atoms with Gasteiger partial charge < -0.3 is 24.8 Å². The van der Waals surface area contributed by atoms with Gasteiger partial charge in [-0.15, -0.1) is 0 Å². The van der Waals surface area contributed by atoms with E-state index in [9.17, 15) is 20.1 Å². The van der Waals surface area contributed by atoms with Crippen molar-refractivity contribution in [2.75, 3.05) is 6.61 Å². The molecule has 7 heteroatoms. The molecule has 2 aromatic rings. The van der Waals surface area contributed by atoms with Gasteiger partial charge in [-0.05, 0) is 61.4 Å². The fourth-order valence-corrected chi connectivity index (χ4v) is 3.21. The van der Waals surface area contributed by atoms with E-state index in [0.717, 1.165) is 0 Å². The van der Waals surface area contributed by atoms with Gasteiger partial charge in [-0.1, -0.05) is 0 Å². The summed E-state index contributed by atoms with van der Waals surface area (Å²) in [4.78, 5) is 12.9. The van der Waals surface area contributed by atoms with E-state index in [4.69, 9.17) is 14.7 Å². The SMILES string of the molecule is Cc1cc(O[C@H]2OC[C@@H](O)[C@@H](O)[C@H]2O)cc(C)c1C(=O)c1ccc(C#N)cc1. The maximum atomic E-state index is 12.9. The monoisotopic (exact) mass is 383 g/mol. The number of carbonyl (C=O) groups is 1. The minimum Gasteiger partial charge on any atom is -0.462 e. The molecule has 0 amide bonds. The Morgan fingerprint density at radius 2 is 1.71 bits per heavy atom. The van der Waals surface area contributed by atoms with Crippen LogP contribution in [-0.4, -0.2) is 52.3 Å². The number of ketones is 1. The van der Waals surface area contributed by atoms with Gasteiger partial charge in [-0.2, -0.15) is 5.26 Å². The van der Waals surface area contributed by atoms with Gasteiger partial charge >= 0.3 is 0 Å². The van der Waals surface area contributed by atoms with Gasteiger partial charge in [0.1, 0.15) is 24.1 Å². The Balaban J connectivity index is 1.82. The van der Waals surface area contributed by atoms with Gasteiger partial charge in [-0.3, -0.25) is 4.79 Å². The Bertz CT molecular complexity index is 894. The number of ether oxygens (including phenoxy) is 2. The first-order valence-corrected chi connectivity index (χ1v) is 8.80. The zero-order valence-corrected chi connectivity index (χ0v) is 15.5. The van der Waals surface area contributed by atoms with Crippen LogP contribution in [-0.2, 0) is 4.74 Å². The summed E-state index contributed by atoms with van der Waals surface area (Å²) in [6.07, 6.45) is -5.06. The van der Waals surface area contributed by atoms with Gasteiger partial charge in [0.05, 0.1) is 18.2 Å². The van der Waals surface area contributed by atoms with Crippen LogP contribution < -0.4 is 4.74 Å². The third-order valence-corrected chi connectivity index (χ3v) is 4.72. The zero-order chi connectivity index (χ0) is 20.4. The van der Waals surface area contributed by atoms with Crippen LogP contribution in [0.5, 0.6) is 5.75 Å². The van der Waals surface area contributed by atoms with Crippen LogP contribution in [0.15, 0.2) is 36.4 Å². The Hall–Kier alpha value is -2.76. The van der Waals surface area contributed by atoms with Gasteiger partial charge in [-0.25, -0.2) is 0 Å². The molecule has 2 aromatic carbocycles. The summed E-state index contributed by atoms with van der Waals surface area (Å²) >= 11 is 0.